The van der Waals surface area contributed by atoms with Gasteiger partial charge in [-0.05, 0) is 75.2 Å². The Kier molecular flexibility index (Phi) is 10.9. The molecule has 0 unspecified atom stereocenters. The van der Waals surface area contributed by atoms with E-state index in [-0.39, 0.29) is 39.1 Å². The summed E-state index contributed by atoms with van der Waals surface area (Å²) in [7, 11) is -4.27. The van der Waals surface area contributed by atoms with Crippen LogP contribution < -0.4 is 9.62 Å². The molecule has 1 N–H and O–H groups in total. The summed E-state index contributed by atoms with van der Waals surface area (Å²) in [5, 5.41) is 3.70. The predicted molar refractivity (Wildman–Crippen MR) is 162 cm³/mol. The molecule has 0 fully saturated rings. The number of carbonyl (C=O) groups is 2. The summed E-state index contributed by atoms with van der Waals surface area (Å²) in [4.78, 5) is 28.4. The first-order chi connectivity index (χ1) is 18.8. The number of hydrogen-bond acceptors (Lipinski definition) is 4. The topological polar surface area (TPSA) is 86.8 Å². The quantitative estimate of drug-likeness (QED) is 0.265. The molecule has 0 aliphatic heterocycles. The van der Waals surface area contributed by atoms with Crippen LogP contribution in [0.3, 0.4) is 0 Å². The average molecular weight is 625 g/mol. The van der Waals surface area contributed by atoms with Crippen molar-refractivity contribution in [2.45, 2.75) is 57.6 Å². The van der Waals surface area contributed by atoms with E-state index >= 15 is 0 Å². The van der Waals surface area contributed by atoms with Gasteiger partial charge in [-0.1, -0.05) is 71.6 Å². The molecule has 0 aromatic heterocycles. The SMILES string of the molecule is CC[C@@H](C)NC(=O)[C@@H](C)N(Cc1cccc(Cl)c1)C(=O)CN(c1cc(Cl)ccc1Cl)S(=O)(=O)c1ccc(C)cc1. The standard InChI is InChI=1S/C29H32Cl3N3O4S/c1-5-20(3)33-29(37)21(4)34(17-22-7-6-8-23(30)15-22)28(36)18-35(27-16-24(31)11-14-26(27)32)40(38,39)25-12-9-19(2)10-13-25/h6-16,20-21H,5,17-18H2,1-4H3,(H,33,37)/t20-,21-/m1/s1. The van der Waals surface area contributed by atoms with Crippen LogP contribution in [0, 0.1) is 6.92 Å². The number of nitrogens with one attached hydrogen (secondary N) is 1. The lowest BCUT2D eigenvalue weighted by molar-refractivity contribution is -0.139. The summed E-state index contributed by atoms with van der Waals surface area (Å²) >= 11 is 18.8. The molecule has 0 saturated carbocycles. The predicted octanol–water partition coefficient (Wildman–Crippen LogP) is 6.48. The van der Waals surface area contributed by atoms with Crippen molar-refractivity contribution >= 4 is 62.3 Å². The van der Waals surface area contributed by atoms with E-state index in [0.717, 1.165) is 9.87 Å². The highest BCUT2D eigenvalue weighted by molar-refractivity contribution is 7.92. The van der Waals surface area contributed by atoms with Crippen molar-refractivity contribution in [2.75, 3.05) is 10.8 Å². The van der Waals surface area contributed by atoms with Crippen molar-refractivity contribution in [2.24, 2.45) is 0 Å². The molecule has 0 saturated heterocycles. The first-order valence-corrected chi connectivity index (χ1v) is 15.3. The second-order valence-electron chi connectivity index (χ2n) is 9.57. The zero-order chi connectivity index (χ0) is 29.6. The van der Waals surface area contributed by atoms with Gasteiger partial charge in [-0.2, -0.15) is 0 Å². The molecule has 0 aliphatic rings. The zero-order valence-electron chi connectivity index (χ0n) is 22.7. The van der Waals surface area contributed by atoms with Crippen LogP contribution in [0.2, 0.25) is 15.1 Å². The number of sulfonamides is 1. The molecule has 3 aromatic rings. The third-order valence-electron chi connectivity index (χ3n) is 6.47. The van der Waals surface area contributed by atoms with Gasteiger partial charge in [0, 0.05) is 22.6 Å². The molecule has 11 heteroatoms. The van der Waals surface area contributed by atoms with E-state index in [1.54, 1.807) is 43.3 Å². The third kappa shape index (κ3) is 7.91. The third-order valence-corrected chi connectivity index (χ3v) is 9.04. The number of halogens is 3. The van der Waals surface area contributed by atoms with Crippen LogP contribution in [-0.4, -0.2) is 43.8 Å². The van der Waals surface area contributed by atoms with Crippen LogP contribution in [0.5, 0.6) is 0 Å². The fraction of sp³-hybridized carbons (Fsp3) is 0.310. The van der Waals surface area contributed by atoms with Crippen molar-refractivity contribution in [1.29, 1.82) is 0 Å². The molecule has 40 heavy (non-hydrogen) atoms. The first-order valence-electron chi connectivity index (χ1n) is 12.7. The highest BCUT2D eigenvalue weighted by atomic mass is 35.5. The molecule has 3 aromatic carbocycles. The maximum absolute atomic E-state index is 14.0. The van der Waals surface area contributed by atoms with Crippen LogP contribution in [0.15, 0.2) is 71.6 Å². The van der Waals surface area contributed by atoms with Crippen molar-refractivity contribution in [3.05, 3.63) is 92.9 Å². The second kappa shape index (κ2) is 13.7. The molecule has 0 aliphatic carbocycles. The number of hydrogen-bond donors (Lipinski definition) is 1. The maximum atomic E-state index is 14.0. The van der Waals surface area contributed by atoms with Gasteiger partial charge in [0.25, 0.3) is 10.0 Å². The van der Waals surface area contributed by atoms with Gasteiger partial charge in [-0.3, -0.25) is 13.9 Å². The van der Waals surface area contributed by atoms with Gasteiger partial charge in [0.2, 0.25) is 11.8 Å². The Morgan fingerprint density at radius 3 is 2.20 bits per heavy atom. The highest BCUT2D eigenvalue weighted by Gasteiger charge is 2.33. The van der Waals surface area contributed by atoms with Crippen LogP contribution in [-0.2, 0) is 26.2 Å². The largest absolute Gasteiger partial charge is 0.352 e. The molecule has 0 radical (unpaired) electrons. The van der Waals surface area contributed by atoms with E-state index < -0.39 is 28.5 Å². The fourth-order valence-corrected chi connectivity index (χ4v) is 5.98. The lowest BCUT2D eigenvalue weighted by Gasteiger charge is -2.32. The van der Waals surface area contributed by atoms with Crippen molar-refractivity contribution in [3.63, 3.8) is 0 Å². The Balaban J connectivity index is 2.07. The molecule has 2 amide bonds. The number of nitrogens with zero attached hydrogens (tertiary/aromatic N) is 2. The van der Waals surface area contributed by atoms with Crippen molar-refractivity contribution in [1.82, 2.24) is 10.2 Å². The molecule has 0 heterocycles. The Bertz CT molecular complexity index is 1470. The first kappa shape index (κ1) is 31.7. The minimum atomic E-state index is -4.27. The summed E-state index contributed by atoms with van der Waals surface area (Å²) in [5.74, 6) is -0.975. The number of aryl methyl sites for hydroxylation is 1. The smallest absolute Gasteiger partial charge is 0.264 e. The van der Waals surface area contributed by atoms with Crippen molar-refractivity contribution in [3.8, 4) is 0 Å². The number of carbonyl (C=O) groups excluding carboxylic acids is 2. The normalized spacial score (nSPS) is 12.9. The van der Waals surface area contributed by atoms with Crippen LogP contribution in [0.4, 0.5) is 5.69 Å². The fourth-order valence-electron chi connectivity index (χ4n) is 3.91. The number of benzene rings is 3. The molecular formula is C29H32Cl3N3O4S. The summed E-state index contributed by atoms with van der Waals surface area (Å²) in [6.07, 6.45) is 0.705. The van der Waals surface area contributed by atoms with E-state index in [9.17, 15) is 18.0 Å². The lowest BCUT2D eigenvalue weighted by Crippen LogP contribution is -2.52. The van der Waals surface area contributed by atoms with E-state index in [2.05, 4.69) is 5.32 Å². The van der Waals surface area contributed by atoms with E-state index in [1.807, 2.05) is 20.8 Å². The molecule has 0 spiro atoms. The molecule has 3 rings (SSSR count). The van der Waals surface area contributed by atoms with E-state index in [4.69, 9.17) is 34.8 Å². The molecule has 0 bridgehead atoms. The second-order valence-corrected chi connectivity index (χ2v) is 12.7. The van der Waals surface area contributed by atoms with Gasteiger partial charge < -0.3 is 10.2 Å². The zero-order valence-corrected chi connectivity index (χ0v) is 25.8. The monoisotopic (exact) mass is 623 g/mol. The Hall–Kier alpha value is -2.78. The van der Waals surface area contributed by atoms with Gasteiger partial charge in [0.15, 0.2) is 0 Å². The molecule has 214 valence electrons. The number of anilines is 1. The van der Waals surface area contributed by atoms with Crippen LogP contribution >= 0.6 is 34.8 Å². The van der Waals surface area contributed by atoms with E-state index in [1.165, 1.54) is 35.2 Å². The molecular weight excluding hydrogens is 593 g/mol. The lowest BCUT2D eigenvalue weighted by atomic mass is 10.1. The van der Waals surface area contributed by atoms with Gasteiger partial charge in [0.05, 0.1) is 15.6 Å². The summed E-state index contributed by atoms with van der Waals surface area (Å²) in [6, 6.07) is 16.5. The highest BCUT2D eigenvalue weighted by Crippen LogP contribution is 2.33. The van der Waals surface area contributed by atoms with E-state index in [0.29, 0.717) is 17.0 Å². The van der Waals surface area contributed by atoms with Crippen LogP contribution in [0.1, 0.15) is 38.3 Å². The van der Waals surface area contributed by atoms with Crippen molar-refractivity contribution < 1.29 is 18.0 Å². The summed E-state index contributed by atoms with van der Waals surface area (Å²) < 4.78 is 28.8. The molecule has 7 nitrogen and oxygen atoms in total. The Morgan fingerprint density at radius 2 is 1.57 bits per heavy atom. The minimum absolute atomic E-state index is 0.0223. The summed E-state index contributed by atoms with van der Waals surface area (Å²) in [5.41, 5.74) is 1.59. The van der Waals surface area contributed by atoms with Gasteiger partial charge >= 0.3 is 0 Å². The Labute approximate surface area is 251 Å². The number of rotatable bonds is 11. The van der Waals surface area contributed by atoms with Gasteiger partial charge in [0.1, 0.15) is 12.6 Å². The summed E-state index contributed by atoms with van der Waals surface area (Å²) in [6.45, 7) is 6.64. The van der Waals surface area contributed by atoms with Crippen LogP contribution in [0.25, 0.3) is 0 Å². The minimum Gasteiger partial charge on any atom is -0.352 e. The maximum Gasteiger partial charge on any atom is 0.264 e. The van der Waals surface area contributed by atoms with Gasteiger partial charge in [-0.15, -0.1) is 0 Å². The Morgan fingerprint density at radius 1 is 0.925 bits per heavy atom. The molecule has 2 atom stereocenters. The average Bonchev–Trinajstić information content (AvgIpc) is 2.91. The van der Waals surface area contributed by atoms with Gasteiger partial charge in [-0.25, -0.2) is 8.42 Å². The number of amides is 2.